The predicted octanol–water partition coefficient (Wildman–Crippen LogP) is 2.15. The summed E-state index contributed by atoms with van der Waals surface area (Å²) in [5, 5.41) is 12.0. The van der Waals surface area contributed by atoms with Crippen LogP contribution in [0.15, 0.2) is 30.5 Å². The van der Waals surface area contributed by atoms with E-state index in [-0.39, 0.29) is 0 Å². The van der Waals surface area contributed by atoms with Crippen molar-refractivity contribution in [3.05, 3.63) is 30.5 Å². The van der Waals surface area contributed by atoms with E-state index in [1.807, 2.05) is 31.2 Å². The normalized spacial score (nSPS) is 12.3. The van der Waals surface area contributed by atoms with Gasteiger partial charge in [0.15, 0.2) is 0 Å². The van der Waals surface area contributed by atoms with Crippen LogP contribution in [0.25, 0.3) is 11.0 Å². The molecule has 2 aromatic rings. The lowest BCUT2D eigenvalue weighted by Gasteiger charge is -2.11. The van der Waals surface area contributed by atoms with Crippen molar-refractivity contribution < 1.29 is 9.90 Å². The third-order valence-corrected chi connectivity index (χ3v) is 2.82. The predicted molar refractivity (Wildman–Crippen MR) is 69.4 cm³/mol. The van der Waals surface area contributed by atoms with Crippen LogP contribution in [0.4, 0.5) is 5.82 Å². The molecule has 0 bridgehead atoms. The molecule has 1 heterocycles. The number of hydrogen-bond donors (Lipinski definition) is 2. The Labute approximate surface area is 105 Å². The van der Waals surface area contributed by atoms with E-state index < -0.39 is 11.9 Å². The highest BCUT2D eigenvalue weighted by atomic mass is 16.4. The maximum atomic E-state index is 10.9. The van der Waals surface area contributed by atoms with Gasteiger partial charge < -0.3 is 10.4 Å². The molecule has 18 heavy (non-hydrogen) atoms. The minimum Gasteiger partial charge on any atom is -0.481 e. The molecule has 1 atom stereocenters. The largest absolute Gasteiger partial charge is 0.481 e. The molecule has 0 aliphatic rings. The van der Waals surface area contributed by atoms with Gasteiger partial charge in [-0.3, -0.25) is 9.78 Å². The Morgan fingerprint density at radius 2 is 2.11 bits per heavy atom. The van der Waals surface area contributed by atoms with Gasteiger partial charge in [0.05, 0.1) is 23.1 Å². The smallest absolute Gasteiger partial charge is 0.308 e. The lowest BCUT2D eigenvalue weighted by Crippen LogP contribution is -2.22. The summed E-state index contributed by atoms with van der Waals surface area (Å²) in [4.78, 5) is 19.5. The van der Waals surface area contributed by atoms with Crippen LogP contribution < -0.4 is 5.32 Å². The second kappa shape index (κ2) is 5.44. The molecule has 94 valence electrons. The maximum Gasteiger partial charge on any atom is 0.308 e. The van der Waals surface area contributed by atoms with Gasteiger partial charge in [-0.05, 0) is 18.6 Å². The van der Waals surface area contributed by atoms with Gasteiger partial charge in [0.1, 0.15) is 5.82 Å². The van der Waals surface area contributed by atoms with Gasteiger partial charge in [-0.1, -0.05) is 19.1 Å². The number of hydrogen-bond acceptors (Lipinski definition) is 4. The summed E-state index contributed by atoms with van der Waals surface area (Å²) in [5.41, 5.74) is 1.62. The van der Waals surface area contributed by atoms with Crippen molar-refractivity contribution in [2.24, 2.45) is 5.92 Å². The number of carboxylic acids is 1. The van der Waals surface area contributed by atoms with Gasteiger partial charge in [-0.15, -0.1) is 0 Å². The molecule has 1 unspecified atom stereocenters. The van der Waals surface area contributed by atoms with Crippen LogP contribution in [-0.2, 0) is 4.79 Å². The van der Waals surface area contributed by atoms with Crippen molar-refractivity contribution in [3.8, 4) is 0 Å². The Morgan fingerprint density at radius 1 is 1.39 bits per heavy atom. The van der Waals surface area contributed by atoms with Crippen molar-refractivity contribution in [1.82, 2.24) is 9.97 Å². The molecule has 0 saturated carbocycles. The van der Waals surface area contributed by atoms with E-state index in [1.165, 1.54) is 0 Å². The number of carbonyl (C=O) groups is 1. The standard InChI is InChI=1S/C13H15N3O2/c1-2-9(13(17)18)7-15-12-8-14-10-5-3-4-6-11(10)16-12/h3-6,8-9H,2,7H2,1H3,(H,15,16)(H,17,18). The van der Waals surface area contributed by atoms with Crippen LogP contribution in [-0.4, -0.2) is 27.6 Å². The summed E-state index contributed by atoms with van der Waals surface area (Å²) in [6, 6.07) is 7.56. The van der Waals surface area contributed by atoms with E-state index >= 15 is 0 Å². The Morgan fingerprint density at radius 3 is 2.78 bits per heavy atom. The average molecular weight is 245 g/mol. The molecular weight excluding hydrogens is 230 g/mol. The van der Waals surface area contributed by atoms with Crippen LogP contribution in [0.5, 0.6) is 0 Å². The number of fused-ring (bicyclic) bond motifs is 1. The second-order valence-electron chi connectivity index (χ2n) is 4.07. The third kappa shape index (κ3) is 2.74. The first-order valence-corrected chi connectivity index (χ1v) is 5.89. The highest BCUT2D eigenvalue weighted by Crippen LogP contribution is 2.12. The van der Waals surface area contributed by atoms with E-state index in [0.717, 1.165) is 11.0 Å². The topological polar surface area (TPSA) is 75.1 Å². The number of nitrogens with zero attached hydrogens (tertiary/aromatic N) is 2. The average Bonchev–Trinajstić information content (AvgIpc) is 2.39. The Balaban J connectivity index is 2.10. The molecule has 5 nitrogen and oxygen atoms in total. The van der Waals surface area contributed by atoms with Crippen molar-refractivity contribution in [2.45, 2.75) is 13.3 Å². The fraction of sp³-hybridized carbons (Fsp3) is 0.308. The molecule has 0 radical (unpaired) electrons. The zero-order chi connectivity index (χ0) is 13.0. The summed E-state index contributed by atoms with van der Waals surface area (Å²) < 4.78 is 0. The molecule has 5 heteroatoms. The van der Waals surface area contributed by atoms with Crippen molar-refractivity contribution >= 4 is 22.8 Å². The van der Waals surface area contributed by atoms with Crippen LogP contribution in [0.3, 0.4) is 0 Å². The summed E-state index contributed by atoms with van der Waals surface area (Å²) >= 11 is 0. The molecule has 1 aromatic heterocycles. The summed E-state index contributed by atoms with van der Waals surface area (Å²) in [5.74, 6) is -0.592. The van der Waals surface area contributed by atoms with Crippen LogP contribution >= 0.6 is 0 Å². The first kappa shape index (κ1) is 12.3. The highest BCUT2D eigenvalue weighted by molar-refractivity contribution is 5.75. The molecule has 1 aromatic carbocycles. The molecule has 0 fully saturated rings. The Hall–Kier alpha value is -2.17. The number of para-hydroxylation sites is 2. The zero-order valence-electron chi connectivity index (χ0n) is 10.1. The molecular formula is C13H15N3O2. The maximum absolute atomic E-state index is 10.9. The third-order valence-electron chi connectivity index (χ3n) is 2.82. The lowest BCUT2D eigenvalue weighted by atomic mass is 10.1. The molecule has 2 N–H and O–H groups in total. The van der Waals surface area contributed by atoms with Gasteiger partial charge in [-0.25, -0.2) is 4.98 Å². The molecule has 0 aliphatic heterocycles. The van der Waals surface area contributed by atoms with Gasteiger partial charge in [0, 0.05) is 6.54 Å². The van der Waals surface area contributed by atoms with E-state index in [1.54, 1.807) is 6.20 Å². The SMILES string of the molecule is CCC(CNc1cnc2ccccc2n1)C(=O)O. The number of carboxylic acid groups (broad SMARTS) is 1. The highest BCUT2D eigenvalue weighted by Gasteiger charge is 2.14. The van der Waals surface area contributed by atoms with Crippen LogP contribution in [0.1, 0.15) is 13.3 Å². The van der Waals surface area contributed by atoms with Gasteiger partial charge in [0.2, 0.25) is 0 Å². The van der Waals surface area contributed by atoms with E-state index in [9.17, 15) is 4.79 Å². The molecule has 2 rings (SSSR count). The number of aromatic nitrogens is 2. The Kier molecular flexibility index (Phi) is 3.72. The monoisotopic (exact) mass is 245 g/mol. The molecule has 0 saturated heterocycles. The number of benzene rings is 1. The number of nitrogens with one attached hydrogen (secondary N) is 1. The molecule has 0 aliphatic carbocycles. The summed E-state index contributed by atoms with van der Waals surface area (Å²) in [7, 11) is 0. The van der Waals surface area contributed by atoms with Crippen molar-refractivity contribution in [3.63, 3.8) is 0 Å². The number of rotatable bonds is 5. The molecule has 0 amide bonds. The fourth-order valence-corrected chi connectivity index (χ4v) is 1.68. The van der Waals surface area contributed by atoms with Crippen LogP contribution in [0, 0.1) is 5.92 Å². The first-order chi connectivity index (χ1) is 8.70. The lowest BCUT2D eigenvalue weighted by molar-refractivity contribution is -0.141. The summed E-state index contributed by atoms with van der Waals surface area (Å²) in [6.07, 6.45) is 2.21. The Bertz CT molecular complexity index is 557. The number of aliphatic carboxylic acids is 1. The van der Waals surface area contributed by atoms with E-state index in [2.05, 4.69) is 15.3 Å². The zero-order valence-corrected chi connectivity index (χ0v) is 10.1. The minimum absolute atomic E-state index is 0.360. The molecule has 0 spiro atoms. The van der Waals surface area contributed by atoms with E-state index in [4.69, 9.17) is 5.11 Å². The number of anilines is 1. The fourth-order valence-electron chi connectivity index (χ4n) is 1.68. The van der Waals surface area contributed by atoms with Crippen molar-refractivity contribution in [1.29, 1.82) is 0 Å². The van der Waals surface area contributed by atoms with Crippen LogP contribution in [0.2, 0.25) is 0 Å². The van der Waals surface area contributed by atoms with Gasteiger partial charge >= 0.3 is 5.97 Å². The minimum atomic E-state index is -0.793. The van der Waals surface area contributed by atoms with Gasteiger partial charge in [-0.2, -0.15) is 0 Å². The van der Waals surface area contributed by atoms with Gasteiger partial charge in [0.25, 0.3) is 0 Å². The first-order valence-electron chi connectivity index (χ1n) is 5.89. The summed E-state index contributed by atoms with van der Waals surface area (Å²) in [6.45, 7) is 2.21. The quantitative estimate of drug-likeness (QED) is 0.844. The van der Waals surface area contributed by atoms with E-state index in [0.29, 0.717) is 18.8 Å². The second-order valence-corrected chi connectivity index (χ2v) is 4.07. The van der Waals surface area contributed by atoms with Crippen molar-refractivity contribution in [2.75, 3.05) is 11.9 Å².